The normalized spacial score (nSPS) is 11.9. The molecule has 0 amide bonds. The lowest BCUT2D eigenvalue weighted by Crippen LogP contribution is -2.42. The van der Waals surface area contributed by atoms with E-state index in [-0.39, 0.29) is 5.88 Å². The van der Waals surface area contributed by atoms with E-state index in [9.17, 15) is 8.78 Å². The van der Waals surface area contributed by atoms with Gasteiger partial charge in [0.2, 0.25) is 5.88 Å². The lowest BCUT2D eigenvalue weighted by molar-refractivity contribution is -0.0528. The fourth-order valence-corrected chi connectivity index (χ4v) is 1.98. The monoisotopic (exact) mass is 232 g/mol. The van der Waals surface area contributed by atoms with Gasteiger partial charge in [-0.2, -0.15) is 8.78 Å². The van der Waals surface area contributed by atoms with Crippen molar-refractivity contribution in [3.8, 4) is 5.88 Å². The highest BCUT2D eigenvalue weighted by atomic mass is 28.3. The maximum Gasteiger partial charge on any atom is 0.388 e. The average Bonchev–Trinajstić information content (AvgIpc) is 1.99. The van der Waals surface area contributed by atoms with Gasteiger partial charge in [-0.1, -0.05) is 19.6 Å². The molecule has 0 spiro atoms. The number of nitrogens with zero attached hydrogens (tertiary/aromatic N) is 2. The lowest BCUT2D eigenvalue weighted by Gasteiger charge is -2.15. The highest BCUT2D eigenvalue weighted by Crippen LogP contribution is 2.11. The summed E-state index contributed by atoms with van der Waals surface area (Å²) in [6, 6.07) is 1.41. The molecule has 1 rings (SSSR count). The average molecular weight is 232 g/mol. The van der Waals surface area contributed by atoms with Crippen molar-refractivity contribution in [3.05, 3.63) is 11.8 Å². The number of halogens is 2. The third-order valence-corrected chi connectivity index (χ3v) is 3.28. The van der Waals surface area contributed by atoms with Crippen LogP contribution in [0.5, 0.6) is 5.88 Å². The molecule has 84 valence electrons. The summed E-state index contributed by atoms with van der Waals surface area (Å²) < 4.78 is 28.3. The molecule has 0 N–H and O–H groups in total. The number of alkyl halides is 2. The number of ether oxygens (including phenoxy) is 1. The van der Waals surface area contributed by atoms with Gasteiger partial charge in [0.15, 0.2) is 0 Å². The molecule has 0 aliphatic carbocycles. The Hall–Kier alpha value is -1.04. The Labute approximate surface area is 88.5 Å². The summed E-state index contributed by atoms with van der Waals surface area (Å²) in [5.41, 5.74) is 1.29. The molecule has 0 unspecified atom stereocenters. The van der Waals surface area contributed by atoms with Gasteiger partial charge in [-0.15, -0.1) is 0 Å². The first-order chi connectivity index (χ1) is 6.79. The van der Waals surface area contributed by atoms with Crippen molar-refractivity contribution in [3.63, 3.8) is 0 Å². The first kappa shape index (κ1) is 12.0. The number of hydrogen-bond acceptors (Lipinski definition) is 3. The van der Waals surface area contributed by atoms with E-state index in [1.165, 1.54) is 6.07 Å². The number of rotatable bonds is 3. The van der Waals surface area contributed by atoms with E-state index >= 15 is 0 Å². The fraction of sp³-hybridized carbons (Fsp3) is 0.556. The molecule has 0 radical (unpaired) electrons. The molecule has 0 saturated carbocycles. The first-order valence-electron chi connectivity index (χ1n) is 4.60. The minimum Gasteiger partial charge on any atom is -0.417 e. The summed E-state index contributed by atoms with van der Waals surface area (Å²) in [5.74, 6) is -0.0464. The Morgan fingerprint density at radius 1 is 1.27 bits per heavy atom. The Morgan fingerprint density at radius 3 is 2.33 bits per heavy atom. The van der Waals surface area contributed by atoms with Gasteiger partial charge >= 0.3 is 6.61 Å². The van der Waals surface area contributed by atoms with Crippen LogP contribution in [0.2, 0.25) is 19.6 Å². The van der Waals surface area contributed by atoms with E-state index in [4.69, 9.17) is 0 Å². The molecule has 0 saturated heterocycles. The van der Waals surface area contributed by atoms with Gasteiger partial charge in [0.05, 0.1) is 0 Å². The quantitative estimate of drug-likeness (QED) is 0.747. The van der Waals surface area contributed by atoms with Crippen molar-refractivity contribution in [1.29, 1.82) is 0 Å². The highest BCUT2D eigenvalue weighted by Gasteiger charge is 2.22. The van der Waals surface area contributed by atoms with E-state index in [0.717, 1.165) is 0 Å². The van der Waals surface area contributed by atoms with Crippen LogP contribution in [0.3, 0.4) is 0 Å². The van der Waals surface area contributed by atoms with E-state index in [1.807, 2.05) is 19.6 Å². The third-order valence-electron chi connectivity index (χ3n) is 1.71. The molecule has 0 bridgehead atoms. The minimum absolute atomic E-state index is 0.0464. The molecule has 1 aromatic heterocycles. The van der Waals surface area contributed by atoms with Crippen LogP contribution >= 0.6 is 0 Å². The first-order valence-corrected chi connectivity index (χ1v) is 8.10. The van der Waals surface area contributed by atoms with Crippen molar-refractivity contribution < 1.29 is 13.5 Å². The van der Waals surface area contributed by atoms with Crippen LogP contribution in [0.15, 0.2) is 6.07 Å². The van der Waals surface area contributed by atoms with Gasteiger partial charge in [0.25, 0.3) is 0 Å². The smallest absolute Gasteiger partial charge is 0.388 e. The van der Waals surface area contributed by atoms with E-state index in [2.05, 4.69) is 14.7 Å². The number of aryl methyl sites for hydroxylation is 1. The van der Waals surface area contributed by atoms with E-state index < -0.39 is 14.7 Å². The van der Waals surface area contributed by atoms with Crippen LogP contribution in [0.25, 0.3) is 0 Å². The molecule has 0 aliphatic rings. The standard InChI is InChI=1S/C9H14F2N2OSi/c1-6-5-7(14-8(10)11)13-9(12-6)15(2,3)4/h5,8H,1-4H3. The molecule has 1 aromatic rings. The van der Waals surface area contributed by atoms with Gasteiger partial charge < -0.3 is 4.74 Å². The minimum atomic E-state index is -2.84. The van der Waals surface area contributed by atoms with Crippen molar-refractivity contribution in [2.45, 2.75) is 33.2 Å². The molecule has 1 heterocycles. The second-order valence-corrected chi connectivity index (χ2v) is 9.25. The summed E-state index contributed by atoms with van der Waals surface area (Å²) in [5, 5.41) is 0. The van der Waals surface area contributed by atoms with E-state index in [0.29, 0.717) is 11.1 Å². The number of hydrogen-bond donors (Lipinski definition) is 0. The summed E-state index contributed by atoms with van der Waals surface area (Å²) in [6.45, 7) is 5.05. The van der Waals surface area contributed by atoms with Crippen LogP contribution < -0.4 is 10.2 Å². The molecule has 3 nitrogen and oxygen atoms in total. The molecule has 15 heavy (non-hydrogen) atoms. The van der Waals surface area contributed by atoms with Crippen molar-refractivity contribution in [2.75, 3.05) is 0 Å². The Morgan fingerprint density at radius 2 is 1.87 bits per heavy atom. The zero-order chi connectivity index (χ0) is 11.6. The molecule has 0 aliphatic heterocycles. The second-order valence-electron chi connectivity index (χ2n) is 4.30. The van der Waals surface area contributed by atoms with Crippen LogP contribution in [0, 0.1) is 6.92 Å². The topological polar surface area (TPSA) is 35.0 Å². The lowest BCUT2D eigenvalue weighted by atomic mass is 10.4. The third kappa shape index (κ3) is 3.54. The van der Waals surface area contributed by atoms with Crippen molar-refractivity contribution in [2.24, 2.45) is 0 Å². The van der Waals surface area contributed by atoms with Gasteiger partial charge in [-0.3, -0.25) is 0 Å². The summed E-state index contributed by atoms with van der Waals surface area (Å²) in [6.07, 6.45) is 0. The summed E-state index contributed by atoms with van der Waals surface area (Å²) in [4.78, 5) is 8.23. The van der Waals surface area contributed by atoms with Gasteiger partial charge in [-0.25, -0.2) is 9.97 Å². The second kappa shape index (κ2) is 4.22. The fourth-order valence-electron chi connectivity index (χ4n) is 1.03. The van der Waals surface area contributed by atoms with Crippen LogP contribution in [0.1, 0.15) is 5.69 Å². The van der Waals surface area contributed by atoms with Gasteiger partial charge in [0, 0.05) is 11.8 Å². The Kier molecular flexibility index (Phi) is 3.38. The molecule has 0 fully saturated rings. The zero-order valence-corrected chi connectivity index (χ0v) is 10.2. The van der Waals surface area contributed by atoms with E-state index in [1.54, 1.807) is 6.92 Å². The molecule has 6 heteroatoms. The largest absolute Gasteiger partial charge is 0.417 e. The SMILES string of the molecule is Cc1cc(OC(F)F)nc([Si](C)(C)C)n1. The molecular weight excluding hydrogens is 218 g/mol. The predicted molar refractivity (Wildman–Crippen MR) is 56.4 cm³/mol. The Bertz CT molecular complexity index is 352. The molecule has 0 atom stereocenters. The van der Waals surface area contributed by atoms with Crippen LogP contribution in [-0.2, 0) is 0 Å². The van der Waals surface area contributed by atoms with Crippen molar-refractivity contribution >= 4 is 13.5 Å². The highest BCUT2D eigenvalue weighted by molar-refractivity contribution is 6.87. The van der Waals surface area contributed by atoms with Gasteiger partial charge in [-0.05, 0) is 6.92 Å². The number of aromatic nitrogens is 2. The summed E-state index contributed by atoms with van der Waals surface area (Å²) >= 11 is 0. The predicted octanol–water partition coefficient (Wildman–Crippen LogP) is 1.93. The Balaban J connectivity index is 3.06. The van der Waals surface area contributed by atoms with Crippen LogP contribution in [-0.4, -0.2) is 24.7 Å². The molecular formula is C9H14F2N2OSi. The van der Waals surface area contributed by atoms with Crippen LogP contribution in [0.4, 0.5) is 8.78 Å². The molecule has 0 aromatic carbocycles. The zero-order valence-electron chi connectivity index (χ0n) is 9.21. The van der Waals surface area contributed by atoms with Crippen molar-refractivity contribution in [1.82, 2.24) is 9.97 Å². The maximum atomic E-state index is 12.0. The summed E-state index contributed by atoms with van der Waals surface area (Å²) in [7, 11) is -1.69. The maximum absolute atomic E-state index is 12.0. The van der Waals surface area contributed by atoms with Gasteiger partial charge in [0.1, 0.15) is 13.5 Å².